The van der Waals surface area contributed by atoms with Crippen molar-refractivity contribution in [2.75, 3.05) is 34.3 Å². The van der Waals surface area contributed by atoms with Crippen molar-refractivity contribution in [3.63, 3.8) is 0 Å². The smallest absolute Gasteiger partial charge is 0.295 e. The Kier molecular flexibility index (Phi) is 5.80. The number of likely N-dealkylation sites (N-methyl/N-ethyl adjacent to an activating group) is 1. The van der Waals surface area contributed by atoms with Gasteiger partial charge in [-0.1, -0.05) is 30.3 Å². The molecule has 2 N–H and O–H groups in total. The van der Waals surface area contributed by atoms with Crippen LogP contribution in [0.25, 0.3) is 5.76 Å². The molecule has 146 valence electrons. The molecular formula is C22H25N2O4+. The number of rotatable bonds is 6. The Bertz CT molecular complexity index is 889. The Morgan fingerprint density at radius 1 is 1.07 bits per heavy atom. The van der Waals surface area contributed by atoms with Gasteiger partial charge in [0.1, 0.15) is 11.5 Å². The lowest BCUT2D eigenvalue weighted by molar-refractivity contribution is -0.857. The number of hydrogen-bond donors (Lipinski definition) is 2. The number of ketones is 1. The standard InChI is InChI=1S/C22H24N2O4/c1-23(2)13-14-24-19(15-7-5-4-6-8-15)18(21(26)22(24)27)20(25)16-9-11-17(28-3)12-10-16/h4-12,19,25H,13-14H2,1-3H3/p+1/t19-/m0/s1. The summed E-state index contributed by atoms with van der Waals surface area (Å²) in [5.41, 5.74) is 1.39. The van der Waals surface area contributed by atoms with Gasteiger partial charge < -0.3 is 19.6 Å². The van der Waals surface area contributed by atoms with E-state index in [9.17, 15) is 14.7 Å². The Morgan fingerprint density at radius 3 is 2.29 bits per heavy atom. The van der Waals surface area contributed by atoms with Crippen molar-refractivity contribution in [3.8, 4) is 5.75 Å². The molecule has 6 heteroatoms. The van der Waals surface area contributed by atoms with Gasteiger partial charge in [0, 0.05) is 5.56 Å². The van der Waals surface area contributed by atoms with Gasteiger partial charge in [0.2, 0.25) is 0 Å². The van der Waals surface area contributed by atoms with Gasteiger partial charge in [-0.15, -0.1) is 0 Å². The maximum Gasteiger partial charge on any atom is 0.295 e. The van der Waals surface area contributed by atoms with Crippen LogP contribution >= 0.6 is 0 Å². The fourth-order valence-corrected chi connectivity index (χ4v) is 3.34. The van der Waals surface area contributed by atoms with Crippen LogP contribution in [0.3, 0.4) is 0 Å². The zero-order valence-electron chi connectivity index (χ0n) is 16.3. The number of quaternary nitrogens is 1. The molecule has 1 atom stereocenters. The summed E-state index contributed by atoms with van der Waals surface area (Å²) >= 11 is 0. The molecule has 1 heterocycles. The van der Waals surface area contributed by atoms with E-state index in [1.807, 2.05) is 44.4 Å². The molecule has 6 nitrogen and oxygen atoms in total. The Hall–Kier alpha value is -3.12. The highest BCUT2D eigenvalue weighted by Gasteiger charge is 2.46. The number of carbonyl (C=O) groups excluding carboxylic acids is 2. The summed E-state index contributed by atoms with van der Waals surface area (Å²) < 4.78 is 5.15. The number of nitrogens with one attached hydrogen (secondary N) is 1. The van der Waals surface area contributed by atoms with Crippen molar-refractivity contribution < 1.29 is 24.3 Å². The first-order valence-corrected chi connectivity index (χ1v) is 9.21. The van der Waals surface area contributed by atoms with E-state index in [-0.39, 0.29) is 11.3 Å². The summed E-state index contributed by atoms with van der Waals surface area (Å²) in [5.74, 6) is -0.763. The fraction of sp³-hybridized carbons (Fsp3) is 0.273. The SMILES string of the molecule is COc1ccc(C(O)=C2C(=O)C(=O)N(CC[NH+](C)C)[C@H]2c2ccccc2)cc1. The third-order valence-electron chi connectivity index (χ3n) is 4.87. The Balaban J connectivity index is 2.10. The normalized spacial score (nSPS) is 18.7. The van der Waals surface area contributed by atoms with Crippen molar-refractivity contribution in [1.82, 2.24) is 4.90 Å². The van der Waals surface area contributed by atoms with E-state index in [4.69, 9.17) is 4.74 Å². The summed E-state index contributed by atoms with van der Waals surface area (Å²) in [6.45, 7) is 1.12. The number of Topliss-reactive ketones (excluding diaryl/α,β-unsaturated/α-hetero) is 1. The lowest BCUT2D eigenvalue weighted by Gasteiger charge is -2.25. The van der Waals surface area contributed by atoms with Gasteiger partial charge in [0.25, 0.3) is 11.7 Å². The van der Waals surface area contributed by atoms with E-state index in [1.54, 1.807) is 36.3 Å². The monoisotopic (exact) mass is 381 g/mol. The van der Waals surface area contributed by atoms with Gasteiger partial charge >= 0.3 is 0 Å². The Labute approximate surface area is 164 Å². The molecule has 0 bridgehead atoms. The topological polar surface area (TPSA) is 71.3 Å². The van der Waals surface area contributed by atoms with E-state index in [2.05, 4.69) is 0 Å². The average molecular weight is 381 g/mol. The number of likely N-dealkylation sites (tertiary alicyclic amines) is 1. The van der Waals surface area contributed by atoms with Gasteiger partial charge in [-0.2, -0.15) is 0 Å². The van der Waals surface area contributed by atoms with Crippen LogP contribution in [0.1, 0.15) is 17.2 Å². The molecule has 2 aromatic rings. The first kappa shape index (κ1) is 19.6. The summed E-state index contributed by atoms with van der Waals surface area (Å²) in [5, 5.41) is 10.9. The van der Waals surface area contributed by atoms with Crippen molar-refractivity contribution in [2.45, 2.75) is 6.04 Å². The second kappa shape index (κ2) is 8.27. The molecule has 28 heavy (non-hydrogen) atoms. The van der Waals surface area contributed by atoms with Crippen LogP contribution in [0.15, 0.2) is 60.2 Å². The molecule has 1 fully saturated rings. The number of ether oxygens (including phenoxy) is 1. The summed E-state index contributed by atoms with van der Waals surface area (Å²) in [6, 6.07) is 15.5. The number of hydrogen-bond acceptors (Lipinski definition) is 4. The maximum absolute atomic E-state index is 12.8. The van der Waals surface area contributed by atoms with Crippen LogP contribution in [0.4, 0.5) is 0 Å². The van der Waals surface area contributed by atoms with Crippen LogP contribution in [0.2, 0.25) is 0 Å². The highest BCUT2D eigenvalue weighted by atomic mass is 16.5. The minimum Gasteiger partial charge on any atom is -0.507 e. The molecule has 1 saturated heterocycles. The first-order valence-electron chi connectivity index (χ1n) is 9.21. The fourth-order valence-electron chi connectivity index (χ4n) is 3.34. The number of carbonyl (C=O) groups is 2. The molecule has 0 unspecified atom stereocenters. The highest BCUT2D eigenvalue weighted by molar-refractivity contribution is 6.46. The largest absolute Gasteiger partial charge is 0.507 e. The minimum atomic E-state index is -0.657. The average Bonchev–Trinajstić information content (AvgIpc) is 2.97. The quantitative estimate of drug-likeness (QED) is 0.449. The van der Waals surface area contributed by atoms with Crippen LogP contribution in [0.5, 0.6) is 5.75 Å². The van der Waals surface area contributed by atoms with Crippen LogP contribution < -0.4 is 9.64 Å². The molecule has 0 aliphatic carbocycles. The van der Waals surface area contributed by atoms with Crippen molar-refractivity contribution >= 4 is 17.4 Å². The molecule has 1 aliphatic heterocycles. The van der Waals surface area contributed by atoms with Crippen LogP contribution in [0, 0.1) is 0 Å². The minimum absolute atomic E-state index is 0.120. The van der Waals surface area contributed by atoms with Crippen molar-refractivity contribution in [2.24, 2.45) is 0 Å². The summed E-state index contributed by atoms with van der Waals surface area (Å²) in [6.07, 6.45) is 0. The molecule has 1 amide bonds. The second-order valence-electron chi connectivity index (χ2n) is 7.09. The third-order valence-corrected chi connectivity index (χ3v) is 4.87. The Morgan fingerprint density at radius 2 is 1.71 bits per heavy atom. The molecule has 0 saturated carbocycles. The molecular weight excluding hydrogens is 356 g/mol. The zero-order chi connectivity index (χ0) is 20.3. The van der Waals surface area contributed by atoms with Gasteiger partial charge in [-0.3, -0.25) is 9.59 Å². The number of methoxy groups -OCH3 is 1. The number of benzene rings is 2. The number of aliphatic hydroxyl groups excluding tert-OH is 1. The zero-order valence-corrected chi connectivity index (χ0v) is 16.3. The van der Waals surface area contributed by atoms with Gasteiger partial charge in [-0.05, 0) is 29.8 Å². The predicted octanol–water partition coefficient (Wildman–Crippen LogP) is 1.26. The van der Waals surface area contributed by atoms with Crippen molar-refractivity contribution in [3.05, 3.63) is 71.3 Å². The van der Waals surface area contributed by atoms with Crippen LogP contribution in [-0.2, 0) is 9.59 Å². The molecule has 0 spiro atoms. The molecule has 3 rings (SSSR count). The van der Waals surface area contributed by atoms with Crippen molar-refractivity contribution in [1.29, 1.82) is 0 Å². The van der Waals surface area contributed by atoms with Gasteiger partial charge in [-0.25, -0.2) is 0 Å². The third kappa shape index (κ3) is 3.77. The number of amides is 1. The lowest BCUT2D eigenvalue weighted by atomic mass is 9.95. The second-order valence-corrected chi connectivity index (χ2v) is 7.09. The van der Waals surface area contributed by atoms with E-state index < -0.39 is 17.7 Å². The molecule has 0 radical (unpaired) electrons. The van der Waals surface area contributed by atoms with E-state index >= 15 is 0 Å². The van der Waals surface area contributed by atoms with Gasteiger partial charge in [0.05, 0.1) is 45.9 Å². The van der Waals surface area contributed by atoms with Gasteiger partial charge in [0.15, 0.2) is 0 Å². The first-order chi connectivity index (χ1) is 13.4. The summed E-state index contributed by atoms with van der Waals surface area (Å²) in [7, 11) is 5.54. The highest BCUT2D eigenvalue weighted by Crippen LogP contribution is 2.39. The summed E-state index contributed by atoms with van der Waals surface area (Å²) in [4.78, 5) is 28.3. The lowest BCUT2D eigenvalue weighted by Crippen LogP contribution is -3.06. The molecule has 0 aromatic heterocycles. The molecule has 1 aliphatic rings. The maximum atomic E-state index is 12.8. The van der Waals surface area contributed by atoms with E-state index in [0.29, 0.717) is 24.4 Å². The number of aliphatic hydroxyl groups is 1. The molecule has 2 aromatic carbocycles. The van der Waals surface area contributed by atoms with E-state index in [0.717, 1.165) is 5.56 Å². The van der Waals surface area contributed by atoms with Crippen LogP contribution in [-0.4, -0.2) is 56.0 Å². The number of nitrogens with zero attached hydrogens (tertiary/aromatic N) is 1. The van der Waals surface area contributed by atoms with E-state index in [1.165, 1.54) is 4.90 Å². The predicted molar refractivity (Wildman–Crippen MR) is 106 cm³/mol.